The van der Waals surface area contributed by atoms with Crippen LogP contribution in [0.1, 0.15) is 37.6 Å². The number of carbonyl (C=O) groups is 1. The molecule has 1 aromatic heterocycles. The predicted octanol–water partition coefficient (Wildman–Crippen LogP) is 2.38. The average molecular weight is 235 g/mol. The van der Waals surface area contributed by atoms with Gasteiger partial charge in [-0.15, -0.1) is 0 Å². The molecule has 0 aliphatic rings. The van der Waals surface area contributed by atoms with E-state index >= 15 is 0 Å². The number of hydrogen-bond acceptors (Lipinski definition) is 3. The molecule has 1 aromatic rings. The van der Waals surface area contributed by atoms with Gasteiger partial charge in [-0.2, -0.15) is 0 Å². The van der Waals surface area contributed by atoms with Gasteiger partial charge in [-0.05, 0) is 26.3 Å². The van der Waals surface area contributed by atoms with E-state index in [0.29, 0.717) is 5.56 Å². The lowest BCUT2D eigenvalue weighted by Gasteiger charge is -2.35. The fraction of sp³-hybridized carbons (Fsp3) is 0.538. The Labute approximate surface area is 103 Å². The third-order valence-electron chi connectivity index (χ3n) is 3.40. The molecule has 4 heteroatoms. The normalized spacial score (nSPS) is 11.1. The number of aromatic nitrogens is 1. The molecular weight excluding hydrogens is 214 g/mol. The molecule has 0 bridgehead atoms. The van der Waals surface area contributed by atoms with Gasteiger partial charge < -0.3 is 10.2 Å². The van der Waals surface area contributed by atoms with Crippen molar-refractivity contribution < 1.29 is 4.79 Å². The molecule has 4 nitrogen and oxygen atoms in total. The summed E-state index contributed by atoms with van der Waals surface area (Å²) >= 11 is 0. The SMILES string of the molecule is CCC(C)(C)N(C)C(=O)c1cnccc1NC. The lowest BCUT2D eigenvalue weighted by Crippen LogP contribution is -2.44. The van der Waals surface area contributed by atoms with Crippen LogP contribution in [-0.4, -0.2) is 35.4 Å². The first-order valence-electron chi connectivity index (χ1n) is 5.84. The fourth-order valence-corrected chi connectivity index (χ4v) is 1.48. The summed E-state index contributed by atoms with van der Waals surface area (Å²) in [7, 11) is 3.63. The third kappa shape index (κ3) is 2.75. The summed E-state index contributed by atoms with van der Waals surface area (Å²) in [4.78, 5) is 18.2. The zero-order chi connectivity index (χ0) is 13.1. The summed E-state index contributed by atoms with van der Waals surface area (Å²) in [6.45, 7) is 6.19. The van der Waals surface area contributed by atoms with Crippen molar-refractivity contribution in [3.05, 3.63) is 24.0 Å². The molecule has 1 heterocycles. The first-order valence-corrected chi connectivity index (χ1v) is 5.84. The van der Waals surface area contributed by atoms with Crippen molar-refractivity contribution in [3.63, 3.8) is 0 Å². The second kappa shape index (κ2) is 5.17. The number of rotatable bonds is 4. The number of nitrogens with zero attached hydrogens (tertiary/aromatic N) is 2. The van der Waals surface area contributed by atoms with Crippen molar-refractivity contribution in [2.45, 2.75) is 32.7 Å². The maximum Gasteiger partial charge on any atom is 0.257 e. The fourth-order valence-electron chi connectivity index (χ4n) is 1.48. The van der Waals surface area contributed by atoms with Crippen LogP contribution in [0.25, 0.3) is 0 Å². The molecule has 1 N–H and O–H groups in total. The van der Waals surface area contributed by atoms with E-state index in [4.69, 9.17) is 0 Å². The molecule has 1 rings (SSSR count). The van der Waals surface area contributed by atoms with Gasteiger partial charge in [-0.25, -0.2) is 0 Å². The van der Waals surface area contributed by atoms with Gasteiger partial charge in [0.05, 0.1) is 5.56 Å². The van der Waals surface area contributed by atoms with Crippen molar-refractivity contribution >= 4 is 11.6 Å². The van der Waals surface area contributed by atoms with Crippen LogP contribution in [0, 0.1) is 0 Å². The smallest absolute Gasteiger partial charge is 0.257 e. The molecule has 0 saturated carbocycles. The highest BCUT2D eigenvalue weighted by Crippen LogP contribution is 2.22. The Hall–Kier alpha value is -1.58. The molecule has 1 amide bonds. The van der Waals surface area contributed by atoms with Crippen molar-refractivity contribution in [1.29, 1.82) is 0 Å². The monoisotopic (exact) mass is 235 g/mol. The maximum absolute atomic E-state index is 12.4. The predicted molar refractivity (Wildman–Crippen MR) is 70.2 cm³/mol. The molecule has 0 aliphatic heterocycles. The third-order valence-corrected chi connectivity index (χ3v) is 3.40. The van der Waals surface area contributed by atoms with Crippen molar-refractivity contribution in [2.24, 2.45) is 0 Å². The van der Waals surface area contributed by atoms with E-state index in [2.05, 4.69) is 31.1 Å². The van der Waals surface area contributed by atoms with E-state index in [-0.39, 0.29) is 11.4 Å². The molecule has 0 aliphatic carbocycles. The molecule has 0 spiro atoms. The minimum Gasteiger partial charge on any atom is -0.387 e. The largest absolute Gasteiger partial charge is 0.387 e. The number of anilines is 1. The highest BCUT2D eigenvalue weighted by atomic mass is 16.2. The van der Waals surface area contributed by atoms with E-state index in [1.54, 1.807) is 30.4 Å². The van der Waals surface area contributed by atoms with Gasteiger partial charge in [0.2, 0.25) is 0 Å². The summed E-state index contributed by atoms with van der Waals surface area (Å²) in [5, 5.41) is 3.01. The number of nitrogens with one attached hydrogen (secondary N) is 1. The quantitative estimate of drug-likeness (QED) is 0.871. The van der Waals surface area contributed by atoms with E-state index < -0.39 is 0 Å². The van der Waals surface area contributed by atoms with Crippen LogP contribution in [0.2, 0.25) is 0 Å². The summed E-state index contributed by atoms with van der Waals surface area (Å²) in [5.74, 6) is -0.00528. The molecule has 0 atom stereocenters. The highest BCUT2D eigenvalue weighted by molar-refractivity contribution is 5.99. The molecule has 0 radical (unpaired) electrons. The van der Waals surface area contributed by atoms with Crippen molar-refractivity contribution in [1.82, 2.24) is 9.88 Å². The summed E-state index contributed by atoms with van der Waals surface area (Å²) in [5.41, 5.74) is 1.26. The van der Waals surface area contributed by atoms with Gasteiger partial charge in [0.25, 0.3) is 5.91 Å². The second-order valence-electron chi connectivity index (χ2n) is 4.70. The molecule has 0 fully saturated rings. The number of carbonyl (C=O) groups excluding carboxylic acids is 1. The Morgan fingerprint density at radius 2 is 2.18 bits per heavy atom. The van der Waals surface area contributed by atoms with Crippen molar-refractivity contribution in [3.8, 4) is 0 Å². The standard InChI is InChI=1S/C13H21N3O/c1-6-13(2,3)16(5)12(17)10-9-15-8-7-11(10)14-4/h7-9H,6H2,1-5H3,(H,14,15). The van der Waals surface area contributed by atoms with Gasteiger partial charge in [0.1, 0.15) is 0 Å². The highest BCUT2D eigenvalue weighted by Gasteiger charge is 2.27. The zero-order valence-corrected chi connectivity index (χ0v) is 11.2. The van der Waals surface area contributed by atoms with E-state index in [9.17, 15) is 4.79 Å². The lowest BCUT2D eigenvalue weighted by atomic mass is 9.99. The Bertz CT molecular complexity index is 401. The van der Waals surface area contributed by atoms with Crippen LogP contribution in [0.3, 0.4) is 0 Å². The van der Waals surface area contributed by atoms with Crippen LogP contribution in [0.15, 0.2) is 18.5 Å². The molecule has 0 aromatic carbocycles. The van der Waals surface area contributed by atoms with Gasteiger partial charge in [0, 0.05) is 37.7 Å². The Morgan fingerprint density at radius 1 is 1.53 bits per heavy atom. The first kappa shape index (κ1) is 13.5. The summed E-state index contributed by atoms with van der Waals surface area (Å²) in [6.07, 6.45) is 4.19. The first-order chi connectivity index (χ1) is 7.94. The molecule has 17 heavy (non-hydrogen) atoms. The lowest BCUT2D eigenvalue weighted by molar-refractivity contribution is 0.0621. The van der Waals surface area contributed by atoms with E-state index in [1.807, 2.05) is 7.05 Å². The Kier molecular flexibility index (Phi) is 4.10. The summed E-state index contributed by atoms with van der Waals surface area (Å²) in [6, 6.07) is 1.81. The number of pyridine rings is 1. The van der Waals surface area contributed by atoms with Crippen LogP contribution in [-0.2, 0) is 0 Å². The maximum atomic E-state index is 12.4. The van der Waals surface area contributed by atoms with E-state index in [0.717, 1.165) is 12.1 Å². The number of amides is 1. The summed E-state index contributed by atoms with van der Waals surface area (Å²) < 4.78 is 0. The average Bonchev–Trinajstić information content (AvgIpc) is 2.36. The molecule has 0 unspecified atom stereocenters. The zero-order valence-electron chi connectivity index (χ0n) is 11.2. The number of hydrogen-bond donors (Lipinski definition) is 1. The van der Waals surface area contributed by atoms with E-state index in [1.165, 1.54) is 0 Å². The van der Waals surface area contributed by atoms with Gasteiger partial charge in [-0.1, -0.05) is 6.92 Å². The van der Waals surface area contributed by atoms with Crippen LogP contribution in [0.5, 0.6) is 0 Å². The van der Waals surface area contributed by atoms with Gasteiger partial charge >= 0.3 is 0 Å². The molecule has 94 valence electrons. The van der Waals surface area contributed by atoms with Crippen LogP contribution >= 0.6 is 0 Å². The second-order valence-corrected chi connectivity index (χ2v) is 4.70. The Morgan fingerprint density at radius 3 is 2.71 bits per heavy atom. The topological polar surface area (TPSA) is 45.2 Å². The van der Waals surface area contributed by atoms with Gasteiger partial charge in [-0.3, -0.25) is 9.78 Å². The van der Waals surface area contributed by atoms with Crippen LogP contribution in [0.4, 0.5) is 5.69 Å². The Balaban J connectivity index is 3.04. The minimum absolute atomic E-state index is 0.00528. The van der Waals surface area contributed by atoms with Gasteiger partial charge in [0.15, 0.2) is 0 Å². The minimum atomic E-state index is -0.155. The molecular formula is C13H21N3O. The van der Waals surface area contributed by atoms with Crippen molar-refractivity contribution in [2.75, 3.05) is 19.4 Å². The van der Waals surface area contributed by atoms with Crippen LogP contribution < -0.4 is 5.32 Å². The molecule has 0 saturated heterocycles.